The van der Waals surface area contributed by atoms with Crippen molar-refractivity contribution >= 4 is 23.6 Å². The summed E-state index contributed by atoms with van der Waals surface area (Å²) in [6, 6.07) is 5.33. The number of carbonyl (C=O) groups excluding carboxylic acids is 2. The number of nitrogens with one attached hydrogen (secondary N) is 2. The SMILES string of the molecule is CCCNC(=O)[C@@H](C)NC(=O)CSc1nnc(-c2ccc(C)c(C)c2)o1. The van der Waals surface area contributed by atoms with Crippen molar-refractivity contribution < 1.29 is 14.0 Å². The second kappa shape index (κ2) is 9.38. The number of thioether (sulfide) groups is 1. The van der Waals surface area contributed by atoms with Crippen LogP contribution in [-0.4, -0.2) is 40.4 Å². The van der Waals surface area contributed by atoms with Crippen molar-refractivity contribution in [2.24, 2.45) is 0 Å². The van der Waals surface area contributed by atoms with Crippen LogP contribution in [0.4, 0.5) is 0 Å². The highest BCUT2D eigenvalue weighted by Crippen LogP contribution is 2.24. The van der Waals surface area contributed by atoms with E-state index in [1.54, 1.807) is 6.92 Å². The van der Waals surface area contributed by atoms with Crippen LogP contribution in [0, 0.1) is 13.8 Å². The van der Waals surface area contributed by atoms with Gasteiger partial charge in [-0.05, 0) is 50.5 Å². The Bertz CT molecular complexity index is 776. The molecule has 2 N–H and O–H groups in total. The summed E-state index contributed by atoms with van der Waals surface area (Å²) in [4.78, 5) is 23.7. The van der Waals surface area contributed by atoms with Crippen molar-refractivity contribution in [2.75, 3.05) is 12.3 Å². The molecular formula is C18H24N4O3S. The predicted molar refractivity (Wildman–Crippen MR) is 101 cm³/mol. The van der Waals surface area contributed by atoms with E-state index in [4.69, 9.17) is 4.42 Å². The van der Waals surface area contributed by atoms with E-state index in [2.05, 4.69) is 20.8 Å². The van der Waals surface area contributed by atoms with Gasteiger partial charge in [-0.15, -0.1) is 10.2 Å². The molecule has 140 valence electrons. The van der Waals surface area contributed by atoms with Gasteiger partial charge in [0.2, 0.25) is 17.7 Å². The normalized spacial score (nSPS) is 11.8. The van der Waals surface area contributed by atoms with Gasteiger partial charge >= 0.3 is 0 Å². The summed E-state index contributed by atoms with van der Waals surface area (Å²) in [5, 5.41) is 13.7. The third kappa shape index (κ3) is 5.59. The second-order valence-corrected chi connectivity index (χ2v) is 6.97. The number of nitrogens with zero attached hydrogens (tertiary/aromatic N) is 2. The van der Waals surface area contributed by atoms with E-state index >= 15 is 0 Å². The molecule has 26 heavy (non-hydrogen) atoms. The van der Waals surface area contributed by atoms with Gasteiger partial charge in [0, 0.05) is 12.1 Å². The summed E-state index contributed by atoms with van der Waals surface area (Å²) < 4.78 is 5.60. The van der Waals surface area contributed by atoms with Gasteiger partial charge in [0.1, 0.15) is 6.04 Å². The van der Waals surface area contributed by atoms with E-state index in [0.29, 0.717) is 17.7 Å². The Hall–Kier alpha value is -2.35. The molecule has 8 heteroatoms. The first-order chi connectivity index (χ1) is 12.4. The zero-order valence-corrected chi connectivity index (χ0v) is 16.3. The zero-order valence-electron chi connectivity index (χ0n) is 15.5. The lowest BCUT2D eigenvalue weighted by molar-refractivity contribution is -0.127. The minimum absolute atomic E-state index is 0.0972. The average molecular weight is 376 g/mol. The molecule has 0 saturated carbocycles. The van der Waals surface area contributed by atoms with E-state index in [1.807, 2.05) is 39.0 Å². The van der Waals surface area contributed by atoms with Crippen LogP contribution in [0.5, 0.6) is 0 Å². The topological polar surface area (TPSA) is 97.1 Å². The highest BCUT2D eigenvalue weighted by Gasteiger charge is 2.16. The van der Waals surface area contributed by atoms with Gasteiger partial charge in [-0.1, -0.05) is 24.8 Å². The minimum Gasteiger partial charge on any atom is -0.411 e. The molecule has 0 spiro atoms. The van der Waals surface area contributed by atoms with E-state index < -0.39 is 6.04 Å². The van der Waals surface area contributed by atoms with Crippen molar-refractivity contribution in [1.82, 2.24) is 20.8 Å². The summed E-state index contributed by atoms with van der Waals surface area (Å²) in [6.45, 7) is 8.27. The lowest BCUT2D eigenvalue weighted by Crippen LogP contribution is -2.45. The van der Waals surface area contributed by atoms with Gasteiger partial charge in [0.25, 0.3) is 5.22 Å². The Kier molecular flexibility index (Phi) is 7.20. The molecule has 1 aromatic carbocycles. The lowest BCUT2D eigenvalue weighted by atomic mass is 10.1. The number of hydrogen-bond donors (Lipinski definition) is 2. The zero-order chi connectivity index (χ0) is 19.1. The standard InChI is InChI=1S/C18H24N4O3S/c1-5-8-19-16(24)13(4)20-15(23)10-26-18-22-21-17(25-18)14-7-6-11(2)12(3)9-14/h6-7,9,13H,5,8,10H2,1-4H3,(H,19,24)(H,20,23)/t13-/m1/s1. The maximum atomic E-state index is 12.0. The molecule has 2 amide bonds. The molecule has 2 aromatic rings. The number of aryl methyl sites for hydroxylation is 2. The van der Waals surface area contributed by atoms with Crippen LogP contribution in [0.3, 0.4) is 0 Å². The van der Waals surface area contributed by atoms with Crippen molar-refractivity contribution in [2.45, 2.75) is 45.4 Å². The van der Waals surface area contributed by atoms with E-state index in [-0.39, 0.29) is 17.6 Å². The second-order valence-electron chi connectivity index (χ2n) is 6.04. The fourth-order valence-corrected chi connectivity index (χ4v) is 2.71. The first kappa shape index (κ1) is 20.0. The van der Waals surface area contributed by atoms with Gasteiger partial charge in [-0.3, -0.25) is 9.59 Å². The van der Waals surface area contributed by atoms with E-state index in [9.17, 15) is 9.59 Å². The highest BCUT2D eigenvalue weighted by molar-refractivity contribution is 7.99. The summed E-state index contributed by atoms with van der Waals surface area (Å²) in [6.07, 6.45) is 0.849. The van der Waals surface area contributed by atoms with Crippen LogP contribution in [0.2, 0.25) is 0 Å². The predicted octanol–water partition coefficient (Wildman–Crippen LogP) is 2.48. The summed E-state index contributed by atoms with van der Waals surface area (Å²) in [7, 11) is 0. The molecule has 0 aliphatic heterocycles. The van der Waals surface area contributed by atoms with Crippen molar-refractivity contribution in [1.29, 1.82) is 0 Å². The molecule has 2 rings (SSSR count). The van der Waals surface area contributed by atoms with E-state index in [0.717, 1.165) is 29.3 Å². The summed E-state index contributed by atoms with van der Waals surface area (Å²) in [5.41, 5.74) is 3.18. The maximum Gasteiger partial charge on any atom is 0.277 e. The summed E-state index contributed by atoms with van der Waals surface area (Å²) >= 11 is 1.14. The van der Waals surface area contributed by atoms with Gasteiger partial charge < -0.3 is 15.1 Å². The maximum absolute atomic E-state index is 12.0. The average Bonchev–Trinajstić information content (AvgIpc) is 3.09. The van der Waals surface area contributed by atoms with Crippen LogP contribution in [0.1, 0.15) is 31.4 Å². The molecule has 0 fully saturated rings. The third-order valence-electron chi connectivity index (χ3n) is 3.81. The van der Waals surface area contributed by atoms with Crippen molar-refractivity contribution in [3.05, 3.63) is 29.3 Å². The smallest absolute Gasteiger partial charge is 0.277 e. The molecule has 7 nitrogen and oxygen atoms in total. The van der Waals surface area contributed by atoms with Crippen molar-refractivity contribution in [3.63, 3.8) is 0 Å². The first-order valence-corrected chi connectivity index (χ1v) is 9.50. The molecular weight excluding hydrogens is 352 g/mol. The van der Waals surface area contributed by atoms with Crippen molar-refractivity contribution in [3.8, 4) is 11.5 Å². The molecule has 1 aromatic heterocycles. The van der Waals surface area contributed by atoms with Gasteiger partial charge in [-0.2, -0.15) is 0 Å². The van der Waals surface area contributed by atoms with Gasteiger partial charge in [-0.25, -0.2) is 0 Å². The van der Waals surface area contributed by atoms with Crippen LogP contribution in [0.25, 0.3) is 11.5 Å². The fraction of sp³-hybridized carbons (Fsp3) is 0.444. The Morgan fingerprint density at radius 1 is 1.23 bits per heavy atom. The quantitative estimate of drug-likeness (QED) is 0.687. The molecule has 1 heterocycles. The lowest BCUT2D eigenvalue weighted by Gasteiger charge is -2.13. The summed E-state index contributed by atoms with van der Waals surface area (Å²) in [5.74, 6) is 0.0587. The molecule has 1 atom stereocenters. The van der Waals surface area contributed by atoms with Gasteiger partial charge in [0.15, 0.2) is 0 Å². The Balaban J connectivity index is 1.86. The molecule has 0 aliphatic carbocycles. The van der Waals surface area contributed by atoms with Crippen LogP contribution >= 0.6 is 11.8 Å². The molecule has 0 aliphatic rings. The Morgan fingerprint density at radius 2 is 2.00 bits per heavy atom. The van der Waals surface area contributed by atoms with Crippen LogP contribution in [-0.2, 0) is 9.59 Å². The minimum atomic E-state index is -0.580. The number of aromatic nitrogens is 2. The first-order valence-electron chi connectivity index (χ1n) is 8.51. The Morgan fingerprint density at radius 3 is 2.69 bits per heavy atom. The number of hydrogen-bond acceptors (Lipinski definition) is 6. The molecule has 0 radical (unpaired) electrons. The molecule has 0 saturated heterocycles. The van der Waals surface area contributed by atoms with Gasteiger partial charge in [0.05, 0.1) is 5.75 Å². The molecule has 0 unspecified atom stereocenters. The largest absolute Gasteiger partial charge is 0.411 e. The van der Waals surface area contributed by atoms with Crippen LogP contribution in [0.15, 0.2) is 27.8 Å². The monoisotopic (exact) mass is 376 g/mol. The Labute approximate surface area is 157 Å². The highest BCUT2D eigenvalue weighted by atomic mass is 32.2. The third-order valence-corrected chi connectivity index (χ3v) is 4.63. The number of carbonyl (C=O) groups is 2. The molecule has 0 bridgehead atoms. The number of benzene rings is 1. The van der Waals surface area contributed by atoms with E-state index in [1.165, 1.54) is 5.56 Å². The number of rotatable bonds is 8. The number of amides is 2. The van der Waals surface area contributed by atoms with Crippen LogP contribution < -0.4 is 10.6 Å². The fourth-order valence-electron chi connectivity index (χ4n) is 2.14.